The molecule has 2 heterocycles. The van der Waals surface area contributed by atoms with E-state index in [-0.39, 0.29) is 5.69 Å². The van der Waals surface area contributed by atoms with Crippen molar-refractivity contribution in [2.75, 3.05) is 0 Å². The number of benzene rings is 1. The monoisotopic (exact) mass is 336 g/mol. The molecule has 1 N–H and O–H groups in total. The lowest BCUT2D eigenvalue weighted by molar-refractivity contribution is 0.189. The van der Waals surface area contributed by atoms with Crippen LogP contribution in [-0.4, -0.2) is 14.2 Å². The second kappa shape index (κ2) is 4.64. The molecule has 0 fully saturated rings. The van der Waals surface area contributed by atoms with Crippen LogP contribution in [-0.2, 0) is 14.1 Å². The van der Waals surface area contributed by atoms with E-state index in [2.05, 4.69) is 15.9 Å². The molecular weight excluding hydrogens is 324 g/mol. The molecule has 0 saturated carbocycles. The van der Waals surface area contributed by atoms with Gasteiger partial charge in [0.05, 0.1) is 17.3 Å². The van der Waals surface area contributed by atoms with Gasteiger partial charge >= 0.3 is 5.69 Å². The number of fused-ring (bicyclic) bond motifs is 1. The largest absolute Gasteiger partial charge is 0.466 e. The molecule has 20 heavy (non-hydrogen) atoms. The lowest BCUT2D eigenvalue weighted by Gasteiger charge is -2.11. The fourth-order valence-electron chi connectivity index (χ4n) is 2.35. The van der Waals surface area contributed by atoms with Crippen molar-refractivity contribution in [2.24, 2.45) is 14.1 Å². The average Bonchev–Trinajstić information content (AvgIpc) is 3.03. The van der Waals surface area contributed by atoms with Crippen LogP contribution in [0.1, 0.15) is 17.4 Å². The summed E-state index contributed by atoms with van der Waals surface area (Å²) in [6.07, 6.45) is 0.641. The van der Waals surface area contributed by atoms with Crippen LogP contribution in [0.15, 0.2) is 44.2 Å². The zero-order valence-electron chi connectivity index (χ0n) is 11.0. The summed E-state index contributed by atoms with van der Waals surface area (Å²) in [5.41, 5.74) is 2.13. The Bertz CT molecular complexity index is 830. The van der Waals surface area contributed by atoms with E-state index in [1.165, 1.54) is 6.26 Å². The van der Waals surface area contributed by atoms with Crippen molar-refractivity contribution < 1.29 is 9.52 Å². The van der Waals surface area contributed by atoms with Crippen molar-refractivity contribution in [1.29, 1.82) is 0 Å². The minimum atomic E-state index is -0.876. The third-order valence-corrected chi connectivity index (χ3v) is 4.18. The highest BCUT2D eigenvalue weighted by molar-refractivity contribution is 9.10. The number of rotatable bonds is 2. The van der Waals surface area contributed by atoms with E-state index in [0.717, 1.165) is 15.5 Å². The van der Waals surface area contributed by atoms with Crippen molar-refractivity contribution in [3.05, 3.63) is 56.8 Å². The van der Waals surface area contributed by atoms with Gasteiger partial charge in [0.15, 0.2) is 0 Å². The highest BCUT2D eigenvalue weighted by atomic mass is 79.9. The summed E-state index contributed by atoms with van der Waals surface area (Å²) < 4.78 is 9.09. The lowest BCUT2D eigenvalue weighted by Crippen LogP contribution is -2.19. The van der Waals surface area contributed by atoms with E-state index in [0.29, 0.717) is 11.3 Å². The lowest BCUT2D eigenvalue weighted by atomic mass is 10.1. The van der Waals surface area contributed by atoms with Gasteiger partial charge in [-0.1, -0.05) is 15.9 Å². The van der Waals surface area contributed by atoms with Crippen LogP contribution >= 0.6 is 15.9 Å². The molecule has 3 aromatic rings. The van der Waals surface area contributed by atoms with Crippen LogP contribution in [0, 0.1) is 0 Å². The molecule has 0 radical (unpaired) electrons. The van der Waals surface area contributed by atoms with Gasteiger partial charge in [-0.25, -0.2) is 4.79 Å². The van der Waals surface area contributed by atoms with Crippen LogP contribution in [0.3, 0.4) is 0 Å². The fourth-order valence-corrected chi connectivity index (χ4v) is 2.89. The topological polar surface area (TPSA) is 60.3 Å². The van der Waals surface area contributed by atoms with Crippen LogP contribution in [0.2, 0.25) is 0 Å². The molecule has 1 atom stereocenters. The number of aliphatic hydroxyl groups is 1. The molecule has 0 bridgehead atoms. The van der Waals surface area contributed by atoms with Crippen molar-refractivity contribution >= 4 is 27.0 Å². The van der Waals surface area contributed by atoms with Gasteiger partial charge in [-0.2, -0.15) is 0 Å². The predicted octanol–water partition coefficient (Wildman–Crippen LogP) is 2.31. The van der Waals surface area contributed by atoms with Gasteiger partial charge in [0.2, 0.25) is 0 Å². The van der Waals surface area contributed by atoms with E-state index < -0.39 is 6.10 Å². The predicted molar refractivity (Wildman–Crippen MR) is 78.6 cm³/mol. The Morgan fingerprint density at radius 3 is 2.50 bits per heavy atom. The first-order valence-electron chi connectivity index (χ1n) is 6.07. The molecule has 104 valence electrons. The SMILES string of the molecule is Cn1c(=O)n(C)c2cc(C(O)c3ccco3)c(Br)cc21. The first-order valence-corrected chi connectivity index (χ1v) is 6.86. The van der Waals surface area contributed by atoms with Crippen LogP contribution < -0.4 is 5.69 Å². The summed E-state index contributed by atoms with van der Waals surface area (Å²) in [5.74, 6) is 0.464. The summed E-state index contributed by atoms with van der Waals surface area (Å²) in [6, 6.07) is 7.07. The first kappa shape index (κ1) is 13.2. The second-order valence-electron chi connectivity index (χ2n) is 4.68. The molecule has 1 unspecified atom stereocenters. The van der Waals surface area contributed by atoms with Gasteiger partial charge < -0.3 is 9.52 Å². The van der Waals surface area contributed by atoms with Crippen LogP contribution in [0.5, 0.6) is 0 Å². The molecule has 1 aromatic carbocycles. The molecule has 0 saturated heterocycles. The van der Waals surface area contributed by atoms with Gasteiger partial charge in [0.1, 0.15) is 11.9 Å². The van der Waals surface area contributed by atoms with Crippen molar-refractivity contribution in [1.82, 2.24) is 9.13 Å². The number of aromatic nitrogens is 2. The summed E-state index contributed by atoms with van der Waals surface area (Å²) >= 11 is 3.45. The van der Waals surface area contributed by atoms with E-state index in [9.17, 15) is 9.90 Å². The van der Waals surface area contributed by atoms with Crippen LogP contribution in [0.4, 0.5) is 0 Å². The van der Waals surface area contributed by atoms with Gasteiger partial charge in [0.25, 0.3) is 0 Å². The van der Waals surface area contributed by atoms with Gasteiger partial charge in [0, 0.05) is 24.1 Å². The molecule has 5 nitrogen and oxygen atoms in total. The summed E-state index contributed by atoms with van der Waals surface area (Å²) in [5, 5.41) is 10.4. The first-order chi connectivity index (χ1) is 9.50. The highest BCUT2D eigenvalue weighted by Crippen LogP contribution is 2.32. The van der Waals surface area contributed by atoms with E-state index >= 15 is 0 Å². The number of aliphatic hydroxyl groups excluding tert-OH is 1. The summed E-state index contributed by atoms with van der Waals surface area (Å²) in [7, 11) is 3.43. The maximum absolute atomic E-state index is 11.9. The van der Waals surface area contributed by atoms with Crippen molar-refractivity contribution in [2.45, 2.75) is 6.10 Å². The zero-order valence-corrected chi connectivity index (χ0v) is 12.6. The molecule has 0 aliphatic rings. The minimum Gasteiger partial charge on any atom is -0.466 e. The van der Waals surface area contributed by atoms with Gasteiger partial charge in [-0.3, -0.25) is 9.13 Å². The Labute approximate surface area is 123 Å². The third kappa shape index (κ3) is 1.83. The Morgan fingerprint density at radius 2 is 1.90 bits per heavy atom. The van der Waals surface area contributed by atoms with Gasteiger partial charge in [-0.15, -0.1) is 0 Å². The van der Waals surface area contributed by atoms with Crippen LogP contribution in [0.25, 0.3) is 11.0 Å². The normalized spacial score (nSPS) is 13.0. The number of aryl methyl sites for hydroxylation is 2. The summed E-state index contributed by atoms with van der Waals surface area (Å²) in [4.78, 5) is 11.9. The highest BCUT2D eigenvalue weighted by Gasteiger charge is 2.19. The molecule has 0 aliphatic carbocycles. The Morgan fingerprint density at radius 1 is 1.25 bits per heavy atom. The summed E-state index contributed by atoms with van der Waals surface area (Å²) in [6.45, 7) is 0. The van der Waals surface area contributed by atoms with E-state index in [1.54, 1.807) is 41.4 Å². The molecule has 0 amide bonds. The number of furan rings is 1. The number of hydrogen-bond acceptors (Lipinski definition) is 3. The zero-order chi connectivity index (χ0) is 14.4. The molecule has 2 aromatic heterocycles. The number of imidazole rings is 1. The van der Waals surface area contributed by atoms with E-state index in [1.807, 2.05) is 6.07 Å². The molecule has 3 rings (SSSR count). The number of nitrogens with zero attached hydrogens (tertiary/aromatic N) is 2. The molecule has 0 spiro atoms. The molecule has 6 heteroatoms. The second-order valence-corrected chi connectivity index (χ2v) is 5.54. The third-order valence-electron chi connectivity index (χ3n) is 3.50. The maximum Gasteiger partial charge on any atom is 0.328 e. The van der Waals surface area contributed by atoms with Crippen molar-refractivity contribution in [3.63, 3.8) is 0 Å². The van der Waals surface area contributed by atoms with Gasteiger partial charge in [-0.05, 0) is 24.3 Å². The Hall–Kier alpha value is -1.79. The fraction of sp³-hybridized carbons (Fsp3) is 0.214. The molecule has 0 aliphatic heterocycles. The number of hydrogen-bond donors (Lipinski definition) is 1. The smallest absolute Gasteiger partial charge is 0.328 e. The standard InChI is InChI=1S/C14H13BrN2O3/c1-16-10-6-8(13(18)12-4-3-5-20-12)9(15)7-11(10)17(2)14(16)19/h3-7,13,18H,1-2H3. The maximum atomic E-state index is 11.9. The quantitative estimate of drug-likeness (QED) is 0.781. The molecular formula is C14H13BrN2O3. The average molecular weight is 337 g/mol. The Kier molecular flexibility index (Phi) is 3.07. The minimum absolute atomic E-state index is 0.100. The van der Waals surface area contributed by atoms with Crippen molar-refractivity contribution in [3.8, 4) is 0 Å². The Balaban J connectivity index is 2.25. The number of halogens is 1. The van der Waals surface area contributed by atoms with E-state index in [4.69, 9.17) is 4.42 Å².